The van der Waals surface area contributed by atoms with E-state index in [0.29, 0.717) is 16.7 Å². The van der Waals surface area contributed by atoms with Gasteiger partial charge in [-0.25, -0.2) is 9.97 Å². The molecule has 1 saturated heterocycles. The number of aromatic nitrogens is 3. The van der Waals surface area contributed by atoms with E-state index in [2.05, 4.69) is 19.9 Å². The molecule has 0 spiro atoms. The van der Waals surface area contributed by atoms with Crippen molar-refractivity contribution in [2.45, 2.75) is 31.5 Å². The largest absolute Gasteiger partial charge is 0.416 e. The highest BCUT2D eigenvalue weighted by molar-refractivity contribution is 5.71. The van der Waals surface area contributed by atoms with Gasteiger partial charge >= 0.3 is 6.18 Å². The summed E-state index contributed by atoms with van der Waals surface area (Å²) >= 11 is 0. The maximum atomic E-state index is 13.1. The molecule has 0 N–H and O–H groups in total. The Kier molecular flexibility index (Phi) is 4.22. The third-order valence-electron chi connectivity index (χ3n) is 4.71. The molecule has 4 nitrogen and oxygen atoms in total. The maximum Gasteiger partial charge on any atom is 0.416 e. The van der Waals surface area contributed by atoms with Crippen LogP contribution < -0.4 is 4.90 Å². The number of benzene rings is 1. The van der Waals surface area contributed by atoms with Crippen LogP contribution >= 0.6 is 0 Å². The molecule has 0 bridgehead atoms. The highest BCUT2D eigenvalue weighted by Crippen LogP contribution is 2.37. The first kappa shape index (κ1) is 16.8. The summed E-state index contributed by atoms with van der Waals surface area (Å²) in [5.41, 5.74) is 1.29. The van der Waals surface area contributed by atoms with Crippen LogP contribution in [-0.2, 0) is 6.18 Å². The zero-order valence-corrected chi connectivity index (χ0v) is 13.9. The summed E-state index contributed by atoms with van der Waals surface area (Å²) in [5, 5.41) is 0. The highest BCUT2D eigenvalue weighted by atomic mass is 19.4. The number of rotatable bonds is 2. The lowest BCUT2D eigenvalue weighted by Crippen LogP contribution is -2.34. The van der Waals surface area contributed by atoms with Crippen molar-refractivity contribution in [1.82, 2.24) is 15.0 Å². The Morgan fingerprint density at radius 2 is 1.85 bits per heavy atom. The molecule has 0 radical (unpaired) electrons. The van der Waals surface area contributed by atoms with E-state index in [1.807, 2.05) is 12.1 Å². The minimum Gasteiger partial charge on any atom is -0.350 e. The van der Waals surface area contributed by atoms with Crippen LogP contribution in [0.15, 0.2) is 48.8 Å². The molecule has 0 amide bonds. The van der Waals surface area contributed by atoms with Crippen LogP contribution in [0, 0.1) is 0 Å². The molecule has 1 aromatic carbocycles. The van der Waals surface area contributed by atoms with E-state index in [4.69, 9.17) is 0 Å². The van der Waals surface area contributed by atoms with Crippen molar-refractivity contribution < 1.29 is 13.2 Å². The molecule has 0 saturated carbocycles. The Morgan fingerprint density at radius 1 is 1.00 bits per heavy atom. The Morgan fingerprint density at radius 3 is 2.69 bits per heavy atom. The smallest absolute Gasteiger partial charge is 0.350 e. The molecule has 7 heteroatoms. The number of hydrogen-bond donors (Lipinski definition) is 0. The lowest BCUT2D eigenvalue weighted by molar-refractivity contribution is -0.137. The predicted octanol–water partition coefficient (Wildman–Crippen LogP) is 4.78. The number of nitrogens with zero attached hydrogens (tertiary/aromatic N) is 4. The maximum absolute atomic E-state index is 13.1. The van der Waals surface area contributed by atoms with Gasteiger partial charge in [-0.15, -0.1) is 0 Å². The summed E-state index contributed by atoms with van der Waals surface area (Å²) in [6.07, 6.45) is 1.60. The van der Waals surface area contributed by atoms with E-state index in [1.54, 1.807) is 18.5 Å². The van der Waals surface area contributed by atoms with Gasteiger partial charge in [0.05, 0.1) is 11.6 Å². The normalized spacial score (nSPS) is 18.3. The monoisotopic (exact) mass is 358 g/mol. The first-order valence-corrected chi connectivity index (χ1v) is 8.54. The zero-order chi connectivity index (χ0) is 18.1. The molecule has 4 rings (SSSR count). The first-order chi connectivity index (χ1) is 12.5. The molecule has 1 aliphatic heterocycles. The van der Waals surface area contributed by atoms with E-state index in [-0.39, 0.29) is 6.04 Å². The van der Waals surface area contributed by atoms with Gasteiger partial charge < -0.3 is 4.90 Å². The lowest BCUT2D eigenvalue weighted by atomic mass is 9.94. The molecular formula is C19H17F3N4. The molecular weight excluding hydrogens is 341 g/mol. The molecule has 26 heavy (non-hydrogen) atoms. The molecule has 134 valence electrons. The van der Waals surface area contributed by atoms with Crippen molar-refractivity contribution in [1.29, 1.82) is 0 Å². The van der Waals surface area contributed by atoms with Crippen LogP contribution in [0.1, 0.15) is 36.4 Å². The minimum absolute atomic E-state index is 0.132. The van der Waals surface area contributed by atoms with Crippen LogP contribution in [0.5, 0.6) is 0 Å². The van der Waals surface area contributed by atoms with Crippen LogP contribution in [0.25, 0.3) is 11.2 Å². The predicted molar refractivity (Wildman–Crippen MR) is 92.7 cm³/mol. The summed E-state index contributed by atoms with van der Waals surface area (Å²) in [6.45, 7) is 0.750. The second-order valence-corrected chi connectivity index (χ2v) is 6.40. The summed E-state index contributed by atoms with van der Waals surface area (Å²) in [7, 11) is 0. The SMILES string of the molecule is FC(F)(F)c1cccc(C2CCCCN2c2ccc3nccnc3n2)c1. The van der Waals surface area contributed by atoms with Crippen molar-refractivity contribution >= 4 is 17.0 Å². The zero-order valence-electron chi connectivity index (χ0n) is 13.9. The Bertz CT molecular complexity index is 926. The standard InChI is InChI=1S/C19H17F3N4/c20-19(21,22)14-5-3-4-13(12-14)16-6-1-2-11-26(16)17-8-7-15-18(25-17)24-10-9-23-15/h3-5,7-10,12,16H,1-2,6,11H2. The summed E-state index contributed by atoms with van der Waals surface area (Å²) < 4.78 is 39.3. The van der Waals surface area contributed by atoms with Crippen LogP contribution in [0.2, 0.25) is 0 Å². The van der Waals surface area contributed by atoms with Crippen molar-refractivity contribution in [2.24, 2.45) is 0 Å². The fourth-order valence-electron chi connectivity index (χ4n) is 3.48. The second kappa shape index (κ2) is 6.55. The minimum atomic E-state index is -4.34. The molecule has 1 atom stereocenters. The topological polar surface area (TPSA) is 41.9 Å². The van der Waals surface area contributed by atoms with Gasteiger partial charge in [-0.2, -0.15) is 13.2 Å². The average Bonchev–Trinajstić information content (AvgIpc) is 2.67. The molecule has 2 aromatic heterocycles. The fraction of sp³-hybridized carbons (Fsp3) is 0.316. The van der Waals surface area contributed by atoms with Crippen LogP contribution in [-0.4, -0.2) is 21.5 Å². The number of anilines is 1. The highest BCUT2D eigenvalue weighted by Gasteiger charge is 2.32. The van der Waals surface area contributed by atoms with Crippen molar-refractivity contribution in [3.05, 3.63) is 59.9 Å². The Labute approximate surface area is 148 Å². The van der Waals surface area contributed by atoms with Gasteiger partial charge in [0.1, 0.15) is 11.3 Å². The number of halogens is 3. The molecule has 3 aromatic rings. The van der Waals surface area contributed by atoms with Gasteiger partial charge in [0.15, 0.2) is 5.65 Å². The fourth-order valence-corrected chi connectivity index (χ4v) is 3.48. The van der Waals surface area contributed by atoms with Crippen molar-refractivity contribution in [3.8, 4) is 0 Å². The van der Waals surface area contributed by atoms with Gasteiger partial charge in [0.25, 0.3) is 0 Å². The first-order valence-electron chi connectivity index (χ1n) is 8.54. The van der Waals surface area contributed by atoms with Crippen molar-refractivity contribution in [3.63, 3.8) is 0 Å². The van der Waals surface area contributed by atoms with Gasteiger partial charge in [0, 0.05) is 18.9 Å². The molecule has 1 aliphatic rings. The van der Waals surface area contributed by atoms with Gasteiger partial charge in [-0.1, -0.05) is 12.1 Å². The van der Waals surface area contributed by atoms with E-state index in [0.717, 1.165) is 37.7 Å². The third-order valence-corrected chi connectivity index (χ3v) is 4.71. The summed E-state index contributed by atoms with van der Waals surface area (Å²) in [4.78, 5) is 15.1. The second-order valence-electron chi connectivity index (χ2n) is 6.40. The Balaban J connectivity index is 1.72. The van der Waals surface area contributed by atoms with Gasteiger partial charge in [-0.05, 0) is 49.1 Å². The lowest BCUT2D eigenvalue weighted by Gasteiger charge is -2.37. The number of fused-ring (bicyclic) bond motifs is 1. The van der Waals surface area contributed by atoms with Crippen LogP contribution in [0.3, 0.4) is 0 Å². The van der Waals surface area contributed by atoms with E-state index in [9.17, 15) is 13.2 Å². The molecule has 1 fully saturated rings. The summed E-state index contributed by atoms with van der Waals surface area (Å²) in [6, 6.07) is 9.19. The van der Waals surface area contributed by atoms with E-state index >= 15 is 0 Å². The van der Waals surface area contributed by atoms with E-state index < -0.39 is 11.7 Å². The number of hydrogen-bond acceptors (Lipinski definition) is 4. The average molecular weight is 358 g/mol. The number of piperidine rings is 1. The van der Waals surface area contributed by atoms with Crippen molar-refractivity contribution in [2.75, 3.05) is 11.4 Å². The molecule has 1 unspecified atom stereocenters. The molecule has 3 heterocycles. The van der Waals surface area contributed by atoms with E-state index in [1.165, 1.54) is 12.1 Å². The third kappa shape index (κ3) is 3.21. The van der Waals surface area contributed by atoms with Gasteiger partial charge in [0.2, 0.25) is 0 Å². The number of alkyl halides is 3. The quantitative estimate of drug-likeness (QED) is 0.661. The Hall–Kier alpha value is -2.70. The van der Waals surface area contributed by atoms with Crippen LogP contribution in [0.4, 0.5) is 19.0 Å². The summed E-state index contributed by atoms with van der Waals surface area (Å²) in [5.74, 6) is 0.722. The number of pyridine rings is 1. The van der Waals surface area contributed by atoms with Gasteiger partial charge in [-0.3, -0.25) is 4.98 Å². The molecule has 0 aliphatic carbocycles.